The van der Waals surface area contributed by atoms with Gasteiger partial charge < -0.3 is 14.6 Å². The summed E-state index contributed by atoms with van der Waals surface area (Å²) >= 11 is 0. The van der Waals surface area contributed by atoms with Gasteiger partial charge in [0.05, 0.1) is 12.3 Å². The van der Waals surface area contributed by atoms with Crippen LogP contribution in [-0.4, -0.2) is 49.4 Å². The van der Waals surface area contributed by atoms with E-state index in [-0.39, 0.29) is 0 Å². The Bertz CT molecular complexity index is 367. The topological polar surface area (TPSA) is 50.5 Å². The number of nitrogens with one attached hydrogen (secondary N) is 1. The fraction of sp³-hybridized carbons (Fsp3) is 0.786. The van der Waals surface area contributed by atoms with Crippen molar-refractivity contribution in [2.75, 3.05) is 33.4 Å². The molecule has 0 saturated carbocycles. The molecular weight excluding hydrogens is 242 g/mol. The van der Waals surface area contributed by atoms with Gasteiger partial charge in [-0.25, -0.2) is 0 Å². The number of hydrogen-bond donors (Lipinski definition) is 1. The van der Waals surface area contributed by atoms with Crippen molar-refractivity contribution in [3.05, 3.63) is 17.0 Å². The molecule has 1 fully saturated rings. The summed E-state index contributed by atoms with van der Waals surface area (Å²) in [6.07, 6.45) is 2.55. The molecule has 1 saturated heterocycles. The molecule has 1 aliphatic rings. The van der Waals surface area contributed by atoms with E-state index >= 15 is 0 Å². The van der Waals surface area contributed by atoms with Crippen molar-refractivity contribution >= 4 is 0 Å². The minimum Gasteiger partial charge on any atom is -0.383 e. The normalized spacial score (nSPS) is 19.5. The SMILES string of the molecule is COCCN(Cc1c(C)noc1C)CC1CCCN1. The highest BCUT2D eigenvalue weighted by Gasteiger charge is 2.20. The van der Waals surface area contributed by atoms with Crippen LogP contribution in [0.25, 0.3) is 0 Å². The quantitative estimate of drug-likeness (QED) is 0.811. The zero-order chi connectivity index (χ0) is 13.7. The minimum atomic E-state index is 0.609. The minimum absolute atomic E-state index is 0.609. The van der Waals surface area contributed by atoms with E-state index in [0.29, 0.717) is 6.04 Å². The molecule has 0 aromatic carbocycles. The molecule has 0 aliphatic carbocycles. The van der Waals surface area contributed by atoms with Crippen LogP contribution in [0.3, 0.4) is 0 Å². The number of methoxy groups -OCH3 is 1. The Morgan fingerprint density at radius 1 is 1.47 bits per heavy atom. The third-order valence-corrected chi connectivity index (χ3v) is 3.82. The second kappa shape index (κ2) is 7.03. The van der Waals surface area contributed by atoms with Gasteiger partial charge in [0.25, 0.3) is 0 Å². The monoisotopic (exact) mass is 267 g/mol. The molecule has 2 heterocycles. The molecule has 1 atom stereocenters. The molecule has 0 spiro atoms. The molecule has 5 heteroatoms. The number of hydrogen-bond acceptors (Lipinski definition) is 5. The average molecular weight is 267 g/mol. The second-order valence-electron chi connectivity index (χ2n) is 5.32. The number of aromatic nitrogens is 1. The Hall–Kier alpha value is -0.910. The number of rotatable bonds is 7. The summed E-state index contributed by atoms with van der Waals surface area (Å²) < 4.78 is 10.5. The van der Waals surface area contributed by atoms with Gasteiger partial charge in [-0.2, -0.15) is 0 Å². The van der Waals surface area contributed by atoms with Crippen LogP contribution in [0.4, 0.5) is 0 Å². The van der Waals surface area contributed by atoms with Crippen molar-refractivity contribution in [2.45, 2.75) is 39.3 Å². The molecule has 108 valence electrons. The highest BCUT2D eigenvalue weighted by molar-refractivity contribution is 5.20. The maximum absolute atomic E-state index is 5.25. The summed E-state index contributed by atoms with van der Waals surface area (Å²) in [4.78, 5) is 2.43. The molecule has 1 N–H and O–H groups in total. The van der Waals surface area contributed by atoms with Gasteiger partial charge in [0, 0.05) is 38.3 Å². The smallest absolute Gasteiger partial charge is 0.138 e. The molecular formula is C14H25N3O2. The van der Waals surface area contributed by atoms with Gasteiger partial charge in [0.1, 0.15) is 5.76 Å². The van der Waals surface area contributed by atoms with Gasteiger partial charge in [-0.05, 0) is 33.2 Å². The molecule has 0 amide bonds. The van der Waals surface area contributed by atoms with Crippen molar-refractivity contribution in [2.24, 2.45) is 0 Å². The maximum Gasteiger partial charge on any atom is 0.138 e. The van der Waals surface area contributed by atoms with Crippen LogP contribution in [0, 0.1) is 13.8 Å². The first kappa shape index (κ1) is 14.5. The van der Waals surface area contributed by atoms with Crippen LogP contribution >= 0.6 is 0 Å². The van der Waals surface area contributed by atoms with Gasteiger partial charge in [0.2, 0.25) is 0 Å². The van der Waals surface area contributed by atoms with Crippen molar-refractivity contribution in [3.63, 3.8) is 0 Å². The zero-order valence-electron chi connectivity index (χ0n) is 12.2. The lowest BCUT2D eigenvalue weighted by molar-refractivity contribution is 0.137. The predicted molar refractivity (Wildman–Crippen MR) is 74.2 cm³/mol. The fourth-order valence-electron chi connectivity index (χ4n) is 2.63. The summed E-state index contributed by atoms with van der Waals surface area (Å²) in [6.45, 7) is 8.80. The standard InChI is InChI=1S/C14H25N3O2/c1-11-14(12(2)19-16-11)10-17(7-8-18-3)9-13-5-4-6-15-13/h13,15H,4-10H2,1-3H3. The number of ether oxygens (including phenoxy) is 1. The molecule has 1 aromatic heterocycles. The first-order valence-corrected chi connectivity index (χ1v) is 7.07. The largest absolute Gasteiger partial charge is 0.383 e. The molecule has 2 rings (SSSR count). The van der Waals surface area contributed by atoms with Crippen LogP contribution in [0.5, 0.6) is 0 Å². The highest BCUT2D eigenvalue weighted by Crippen LogP contribution is 2.16. The molecule has 1 aromatic rings. The summed E-state index contributed by atoms with van der Waals surface area (Å²) in [5.41, 5.74) is 2.22. The lowest BCUT2D eigenvalue weighted by Gasteiger charge is -2.25. The summed E-state index contributed by atoms with van der Waals surface area (Å²) in [5.74, 6) is 0.930. The van der Waals surface area contributed by atoms with E-state index in [1.54, 1.807) is 7.11 Å². The van der Waals surface area contributed by atoms with Gasteiger partial charge in [-0.15, -0.1) is 0 Å². The molecule has 19 heavy (non-hydrogen) atoms. The Balaban J connectivity index is 1.96. The second-order valence-corrected chi connectivity index (χ2v) is 5.32. The Morgan fingerprint density at radius 3 is 2.89 bits per heavy atom. The van der Waals surface area contributed by atoms with Gasteiger partial charge in [-0.3, -0.25) is 4.90 Å². The van der Waals surface area contributed by atoms with Crippen LogP contribution < -0.4 is 5.32 Å². The molecule has 0 bridgehead atoms. The van der Waals surface area contributed by atoms with Gasteiger partial charge in [-0.1, -0.05) is 5.16 Å². The van der Waals surface area contributed by atoms with E-state index in [1.165, 1.54) is 18.4 Å². The van der Waals surface area contributed by atoms with Crippen molar-refractivity contribution in [1.82, 2.24) is 15.4 Å². The average Bonchev–Trinajstić information content (AvgIpc) is 3.00. The van der Waals surface area contributed by atoms with Crippen LogP contribution in [0.15, 0.2) is 4.52 Å². The van der Waals surface area contributed by atoms with E-state index < -0.39 is 0 Å². The van der Waals surface area contributed by atoms with Crippen molar-refractivity contribution in [3.8, 4) is 0 Å². The van der Waals surface area contributed by atoms with E-state index in [9.17, 15) is 0 Å². The van der Waals surface area contributed by atoms with E-state index in [2.05, 4.69) is 15.4 Å². The molecule has 0 radical (unpaired) electrons. The fourth-order valence-corrected chi connectivity index (χ4v) is 2.63. The zero-order valence-corrected chi connectivity index (χ0v) is 12.2. The van der Waals surface area contributed by atoms with Gasteiger partial charge >= 0.3 is 0 Å². The highest BCUT2D eigenvalue weighted by atomic mass is 16.5. The Labute approximate surface area is 115 Å². The van der Waals surface area contributed by atoms with E-state index in [0.717, 1.165) is 44.2 Å². The number of aryl methyl sites for hydroxylation is 2. The van der Waals surface area contributed by atoms with E-state index in [1.807, 2.05) is 13.8 Å². The van der Waals surface area contributed by atoms with Crippen LogP contribution in [-0.2, 0) is 11.3 Å². The lowest BCUT2D eigenvalue weighted by Crippen LogP contribution is -2.39. The third-order valence-electron chi connectivity index (χ3n) is 3.82. The lowest BCUT2D eigenvalue weighted by atomic mass is 10.1. The summed E-state index contributed by atoms with van der Waals surface area (Å²) in [6, 6.07) is 0.609. The molecule has 5 nitrogen and oxygen atoms in total. The first-order valence-electron chi connectivity index (χ1n) is 7.07. The van der Waals surface area contributed by atoms with E-state index in [4.69, 9.17) is 9.26 Å². The predicted octanol–water partition coefficient (Wildman–Crippen LogP) is 1.49. The molecule has 1 unspecified atom stereocenters. The third kappa shape index (κ3) is 4.03. The Kier molecular flexibility index (Phi) is 5.36. The van der Waals surface area contributed by atoms with Crippen molar-refractivity contribution < 1.29 is 9.26 Å². The maximum atomic E-state index is 5.25. The van der Waals surface area contributed by atoms with Crippen molar-refractivity contribution in [1.29, 1.82) is 0 Å². The van der Waals surface area contributed by atoms with Crippen LogP contribution in [0.2, 0.25) is 0 Å². The number of nitrogens with zero attached hydrogens (tertiary/aromatic N) is 2. The summed E-state index contributed by atoms with van der Waals surface area (Å²) in [7, 11) is 1.75. The Morgan fingerprint density at radius 2 is 2.32 bits per heavy atom. The van der Waals surface area contributed by atoms with Gasteiger partial charge in [0.15, 0.2) is 0 Å². The van der Waals surface area contributed by atoms with Crippen LogP contribution in [0.1, 0.15) is 29.9 Å². The first-order chi connectivity index (χ1) is 9.20. The summed E-state index contributed by atoms with van der Waals surface area (Å²) in [5, 5.41) is 7.58. The molecule has 1 aliphatic heterocycles.